The second kappa shape index (κ2) is 8.11. The average molecular weight is 428 g/mol. The molecule has 1 fully saturated rings. The lowest BCUT2D eigenvalue weighted by Gasteiger charge is -2.26. The van der Waals surface area contributed by atoms with Crippen LogP contribution in [0, 0.1) is 0 Å². The van der Waals surface area contributed by atoms with Gasteiger partial charge in [-0.1, -0.05) is 17.7 Å². The number of rotatable bonds is 3. The number of hydrogen-bond acceptors (Lipinski definition) is 5. The topological polar surface area (TPSA) is 57.2 Å². The van der Waals surface area contributed by atoms with Gasteiger partial charge in [0, 0.05) is 12.6 Å². The zero-order valence-electron chi connectivity index (χ0n) is 16.4. The molecule has 3 aliphatic rings. The van der Waals surface area contributed by atoms with Crippen LogP contribution in [0.15, 0.2) is 36.4 Å². The summed E-state index contributed by atoms with van der Waals surface area (Å²) in [6, 6.07) is 9.59. The number of fused-ring (bicyclic) bond motifs is 2. The highest BCUT2D eigenvalue weighted by molar-refractivity contribution is 6.32. The molecule has 1 unspecified atom stereocenters. The van der Waals surface area contributed by atoms with E-state index in [1.54, 1.807) is 18.2 Å². The van der Waals surface area contributed by atoms with E-state index in [2.05, 4.69) is 0 Å². The Labute approximate surface area is 179 Å². The molecule has 3 aliphatic heterocycles. The first-order chi connectivity index (χ1) is 14.7. The molecule has 0 bridgehead atoms. The van der Waals surface area contributed by atoms with E-state index in [1.807, 2.05) is 29.2 Å². The maximum absolute atomic E-state index is 13.0. The maximum Gasteiger partial charge on any atom is 0.247 e. The van der Waals surface area contributed by atoms with Crippen LogP contribution in [0.2, 0.25) is 5.02 Å². The fraction of sp³-hybridized carbons (Fsp3) is 0.348. The van der Waals surface area contributed by atoms with Gasteiger partial charge in [0.05, 0.1) is 11.1 Å². The Balaban J connectivity index is 1.34. The average Bonchev–Trinajstić information content (AvgIpc) is 3.27. The van der Waals surface area contributed by atoms with Gasteiger partial charge in [0.15, 0.2) is 23.0 Å². The van der Waals surface area contributed by atoms with Gasteiger partial charge in [-0.05, 0) is 54.3 Å². The standard InChI is InChI=1S/C23H22ClNO5/c24-17-12-15(13-21-23(17)30-11-10-29-21)3-6-22(26)25-7-1-2-18(25)16-4-5-19-20(14-16)28-9-8-27-19/h3-6,12-14,18H,1-2,7-11H2/b6-3-. The summed E-state index contributed by atoms with van der Waals surface area (Å²) >= 11 is 6.29. The van der Waals surface area contributed by atoms with Crippen molar-refractivity contribution in [2.45, 2.75) is 18.9 Å². The van der Waals surface area contributed by atoms with Crippen molar-refractivity contribution in [1.29, 1.82) is 0 Å². The Morgan fingerprint density at radius 3 is 2.60 bits per heavy atom. The molecule has 1 saturated heterocycles. The van der Waals surface area contributed by atoms with Crippen LogP contribution in [-0.2, 0) is 4.79 Å². The number of carbonyl (C=O) groups is 1. The summed E-state index contributed by atoms with van der Waals surface area (Å²) in [7, 11) is 0. The summed E-state index contributed by atoms with van der Waals surface area (Å²) < 4.78 is 22.5. The van der Waals surface area contributed by atoms with Gasteiger partial charge in [-0.3, -0.25) is 4.79 Å². The second-order valence-electron chi connectivity index (χ2n) is 7.45. The Hall–Kier alpha value is -2.86. The largest absolute Gasteiger partial charge is 0.486 e. The molecule has 2 aromatic rings. The summed E-state index contributed by atoms with van der Waals surface area (Å²) in [4.78, 5) is 14.9. The summed E-state index contributed by atoms with van der Waals surface area (Å²) in [6.45, 7) is 2.81. The first-order valence-electron chi connectivity index (χ1n) is 10.2. The van der Waals surface area contributed by atoms with Gasteiger partial charge in [-0.25, -0.2) is 0 Å². The number of halogens is 1. The molecule has 0 aliphatic carbocycles. The molecule has 6 nitrogen and oxygen atoms in total. The van der Waals surface area contributed by atoms with E-state index in [4.69, 9.17) is 30.5 Å². The Morgan fingerprint density at radius 1 is 0.967 bits per heavy atom. The van der Waals surface area contributed by atoms with E-state index in [0.717, 1.165) is 42.0 Å². The molecule has 2 aromatic carbocycles. The summed E-state index contributed by atoms with van der Waals surface area (Å²) in [5, 5.41) is 0.481. The Kier molecular flexibility index (Phi) is 5.17. The van der Waals surface area contributed by atoms with Crippen molar-refractivity contribution in [1.82, 2.24) is 4.90 Å². The highest BCUT2D eigenvalue weighted by atomic mass is 35.5. The molecule has 3 heterocycles. The lowest BCUT2D eigenvalue weighted by molar-refractivity contribution is -0.126. The van der Waals surface area contributed by atoms with Gasteiger partial charge >= 0.3 is 0 Å². The van der Waals surface area contributed by atoms with Crippen LogP contribution in [0.4, 0.5) is 0 Å². The molecule has 5 rings (SSSR count). The van der Waals surface area contributed by atoms with Crippen LogP contribution >= 0.6 is 11.6 Å². The Bertz CT molecular complexity index is 1010. The predicted molar refractivity (Wildman–Crippen MR) is 113 cm³/mol. The fourth-order valence-electron chi connectivity index (χ4n) is 4.13. The van der Waals surface area contributed by atoms with Crippen molar-refractivity contribution in [3.05, 3.63) is 52.6 Å². The van der Waals surface area contributed by atoms with Crippen molar-refractivity contribution in [2.24, 2.45) is 0 Å². The monoisotopic (exact) mass is 427 g/mol. The first-order valence-corrected chi connectivity index (χ1v) is 10.5. The van der Waals surface area contributed by atoms with Crippen molar-refractivity contribution in [2.75, 3.05) is 33.0 Å². The van der Waals surface area contributed by atoms with E-state index in [9.17, 15) is 4.79 Å². The molecule has 0 saturated carbocycles. The molecule has 156 valence electrons. The zero-order chi connectivity index (χ0) is 20.5. The summed E-state index contributed by atoms with van der Waals surface area (Å²) in [6.07, 6.45) is 5.26. The van der Waals surface area contributed by atoms with Crippen LogP contribution in [0.5, 0.6) is 23.0 Å². The summed E-state index contributed by atoms with van der Waals surface area (Å²) in [5.74, 6) is 2.65. The van der Waals surface area contributed by atoms with Crippen molar-refractivity contribution >= 4 is 23.6 Å². The van der Waals surface area contributed by atoms with Gasteiger partial charge in [0.1, 0.15) is 26.4 Å². The van der Waals surface area contributed by atoms with Crippen molar-refractivity contribution in [3.63, 3.8) is 0 Å². The highest BCUT2D eigenvalue weighted by Crippen LogP contribution is 2.40. The number of hydrogen-bond donors (Lipinski definition) is 0. The number of carbonyl (C=O) groups excluding carboxylic acids is 1. The molecule has 0 spiro atoms. The third-order valence-electron chi connectivity index (χ3n) is 5.52. The Morgan fingerprint density at radius 2 is 1.73 bits per heavy atom. The maximum atomic E-state index is 13.0. The molecule has 0 aromatic heterocycles. The van der Waals surface area contributed by atoms with Gasteiger partial charge in [-0.2, -0.15) is 0 Å². The molecular formula is C23H22ClNO5. The molecule has 1 amide bonds. The summed E-state index contributed by atoms with van der Waals surface area (Å²) in [5.41, 5.74) is 1.87. The number of amides is 1. The first kappa shape index (κ1) is 19.1. The SMILES string of the molecule is O=C(/C=C\c1cc(Cl)c2c(c1)OCCO2)N1CCCC1c1ccc2c(c1)OCCO2. The lowest BCUT2D eigenvalue weighted by atomic mass is 10.0. The lowest BCUT2D eigenvalue weighted by Crippen LogP contribution is -2.29. The smallest absolute Gasteiger partial charge is 0.247 e. The van der Waals surface area contributed by atoms with Crippen LogP contribution in [0.25, 0.3) is 6.08 Å². The van der Waals surface area contributed by atoms with Crippen LogP contribution in [-0.4, -0.2) is 43.8 Å². The normalized spacial score (nSPS) is 19.9. The van der Waals surface area contributed by atoms with Crippen molar-refractivity contribution < 1.29 is 23.7 Å². The van der Waals surface area contributed by atoms with Crippen LogP contribution in [0.3, 0.4) is 0 Å². The van der Waals surface area contributed by atoms with Gasteiger partial charge in [-0.15, -0.1) is 0 Å². The highest BCUT2D eigenvalue weighted by Gasteiger charge is 2.30. The van der Waals surface area contributed by atoms with E-state index >= 15 is 0 Å². The van der Waals surface area contributed by atoms with E-state index in [1.165, 1.54) is 0 Å². The van der Waals surface area contributed by atoms with Gasteiger partial charge in [0.25, 0.3) is 0 Å². The number of ether oxygens (including phenoxy) is 4. The third-order valence-corrected chi connectivity index (χ3v) is 5.81. The number of benzene rings is 2. The van der Waals surface area contributed by atoms with Crippen LogP contribution < -0.4 is 18.9 Å². The molecule has 0 radical (unpaired) electrons. The predicted octanol–water partition coefficient (Wildman–Crippen LogP) is 4.26. The third kappa shape index (κ3) is 3.67. The second-order valence-corrected chi connectivity index (χ2v) is 7.86. The molecule has 0 N–H and O–H groups in total. The minimum atomic E-state index is -0.0293. The zero-order valence-corrected chi connectivity index (χ0v) is 17.2. The molecular weight excluding hydrogens is 406 g/mol. The minimum absolute atomic E-state index is 0.0293. The van der Waals surface area contributed by atoms with Gasteiger partial charge < -0.3 is 23.8 Å². The molecule has 30 heavy (non-hydrogen) atoms. The quantitative estimate of drug-likeness (QED) is 0.685. The number of likely N-dealkylation sites (tertiary alicyclic amines) is 1. The van der Waals surface area contributed by atoms with E-state index < -0.39 is 0 Å². The molecule has 7 heteroatoms. The number of nitrogens with zero attached hydrogens (tertiary/aromatic N) is 1. The van der Waals surface area contributed by atoms with E-state index in [0.29, 0.717) is 42.9 Å². The van der Waals surface area contributed by atoms with Gasteiger partial charge in [0.2, 0.25) is 5.91 Å². The van der Waals surface area contributed by atoms with E-state index in [-0.39, 0.29) is 11.9 Å². The fourth-order valence-corrected chi connectivity index (χ4v) is 4.41. The minimum Gasteiger partial charge on any atom is -0.486 e. The molecule has 1 atom stereocenters. The van der Waals surface area contributed by atoms with Crippen LogP contribution in [0.1, 0.15) is 30.0 Å². The van der Waals surface area contributed by atoms with Crippen molar-refractivity contribution in [3.8, 4) is 23.0 Å².